The molecule has 0 bridgehead atoms. The van der Waals surface area contributed by atoms with Gasteiger partial charge in [-0.1, -0.05) is 30.3 Å². The Labute approximate surface area is 77.1 Å². The van der Waals surface area contributed by atoms with Crippen molar-refractivity contribution in [3.63, 3.8) is 0 Å². The Hall–Kier alpha value is -1.35. The second kappa shape index (κ2) is 3.18. The van der Waals surface area contributed by atoms with Gasteiger partial charge in [0.2, 0.25) is 5.91 Å². The monoisotopic (exact) mass is 176 g/mol. The first kappa shape index (κ1) is 8.26. The molecule has 2 N–H and O–H groups in total. The third-order valence-electron chi connectivity index (χ3n) is 2.44. The molecule has 1 aliphatic heterocycles. The number of nitrogens with two attached hydrogens (primary N) is 1. The van der Waals surface area contributed by atoms with E-state index in [0.717, 1.165) is 12.0 Å². The zero-order valence-corrected chi connectivity index (χ0v) is 7.31. The van der Waals surface area contributed by atoms with Crippen LogP contribution in [0.1, 0.15) is 24.4 Å². The number of hydrogen-bond acceptors (Lipinski definition) is 2. The fraction of sp³-hybridized carbons (Fsp3) is 0.300. The van der Waals surface area contributed by atoms with E-state index in [4.69, 9.17) is 5.84 Å². The predicted octanol–water partition coefficient (Wildman–Crippen LogP) is 1.22. The second-order valence-corrected chi connectivity index (χ2v) is 3.27. The summed E-state index contributed by atoms with van der Waals surface area (Å²) in [6.07, 6.45) is 1.40. The maximum absolute atomic E-state index is 11.2. The third-order valence-corrected chi connectivity index (χ3v) is 2.44. The van der Waals surface area contributed by atoms with E-state index >= 15 is 0 Å². The fourth-order valence-electron chi connectivity index (χ4n) is 1.70. The Morgan fingerprint density at radius 3 is 2.54 bits per heavy atom. The van der Waals surface area contributed by atoms with Crippen LogP contribution in [0.15, 0.2) is 30.3 Å². The van der Waals surface area contributed by atoms with E-state index in [2.05, 4.69) is 0 Å². The molecule has 1 atom stereocenters. The standard InChI is InChI=1S/C10H12N2O/c11-12-9(6-7-10(12)13)8-4-2-1-3-5-8/h1-5,9H,6-7,11H2/t9-/m0/s1. The molecule has 1 aliphatic rings. The van der Waals surface area contributed by atoms with Crippen LogP contribution < -0.4 is 5.84 Å². The minimum absolute atomic E-state index is 0.0360. The normalized spacial score (nSPS) is 22.4. The topological polar surface area (TPSA) is 46.3 Å². The molecule has 0 unspecified atom stereocenters. The molecule has 3 heteroatoms. The van der Waals surface area contributed by atoms with Crippen LogP contribution >= 0.6 is 0 Å². The zero-order valence-electron chi connectivity index (χ0n) is 7.31. The maximum Gasteiger partial charge on any atom is 0.237 e. The highest BCUT2D eigenvalue weighted by atomic mass is 16.2. The Kier molecular flexibility index (Phi) is 2.02. The number of amides is 1. The summed E-state index contributed by atoms with van der Waals surface area (Å²) < 4.78 is 0. The van der Waals surface area contributed by atoms with Gasteiger partial charge >= 0.3 is 0 Å². The molecule has 0 aromatic heterocycles. The number of nitrogens with zero attached hydrogens (tertiary/aromatic N) is 1. The van der Waals surface area contributed by atoms with Crippen molar-refractivity contribution in [3.05, 3.63) is 35.9 Å². The third kappa shape index (κ3) is 1.42. The average molecular weight is 176 g/mol. The molecule has 3 nitrogen and oxygen atoms in total. The van der Waals surface area contributed by atoms with Crippen molar-refractivity contribution < 1.29 is 4.79 Å². The van der Waals surface area contributed by atoms with Gasteiger partial charge in [0.25, 0.3) is 0 Å². The van der Waals surface area contributed by atoms with Crippen molar-refractivity contribution in [3.8, 4) is 0 Å². The summed E-state index contributed by atoms with van der Waals surface area (Å²) in [6.45, 7) is 0. The molecule has 1 fully saturated rings. The number of hydrazine groups is 1. The Bertz CT molecular complexity index is 310. The molecule has 1 aromatic carbocycles. The summed E-state index contributed by atoms with van der Waals surface area (Å²) in [5.74, 6) is 5.67. The van der Waals surface area contributed by atoms with Crippen LogP contribution in [0.2, 0.25) is 0 Å². The molecule has 2 rings (SSSR count). The van der Waals surface area contributed by atoms with E-state index in [-0.39, 0.29) is 11.9 Å². The molecule has 13 heavy (non-hydrogen) atoms. The number of carbonyl (C=O) groups is 1. The first-order valence-electron chi connectivity index (χ1n) is 4.41. The highest BCUT2D eigenvalue weighted by Gasteiger charge is 2.29. The minimum atomic E-state index is 0.0360. The first-order chi connectivity index (χ1) is 6.29. The van der Waals surface area contributed by atoms with Gasteiger partial charge in [0.1, 0.15) is 0 Å². The average Bonchev–Trinajstić information content (AvgIpc) is 2.49. The van der Waals surface area contributed by atoms with Gasteiger partial charge in [-0.05, 0) is 12.0 Å². The lowest BCUT2D eigenvalue weighted by molar-refractivity contribution is -0.129. The van der Waals surface area contributed by atoms with Gasteiger partial charge in [-0.25, -0.2) is 5.84 Å². The van der Waals surface area contributed by atoms with E-state index in [9.17, 15) is 4.79 Å². The lowest BCUT2D eigenvalue weighted by atomic mass is 10.1. The molecule has 1 amide bonds. The molecular formula is C10H12N2O. The minimum Gasteiger partial charge on any atom is -0.273 e. The lowest BCUT2D eigenvalue weighted by Gasteiger charge is -2.19. The number of rotatable bonds is 1. The van der Waals surface area contributed by atoms with Crippen molar-refractivity contribution >= 4 is 5.91 Å². The number of benzene rings is 1. The smallest absolute Gasteiger partial charge is 0.237 e. The van der Waals surface area contributed by atoms with Crippen LogP contribution in [0.5, 0.6) is 0 Å². The highest BCUT2D eigenvalue weighted by molar-refractivity contribution is 5.78. The molecular weight excluding hydrogens is 164 g/mol. The van der Waals surface area contributed by atoms with E-state index in [1.807, 2.05) is 30.3 Å². The van der Waals surface area contributed by atoms with Crippen LogP contribution in [-0.4, -0.2) is 10.9 Å². The van der Waals surface area contributed by atoms with Crippen molar-refractivity contribution in [1.29, 1.82) is 0 Å². The van der Waals surface area contributed by atoms with Crippen LogP contribution in [0.3, 0.4) is 0 Å². The van der Waals surface area contributed by atoms with Gasteiger partial charge < -0.3 is 0 Å². The summed E-state index contributed by atoms with van der Waals surface area (Å²) >= 11 is 0. The van der Waals surface area contributed by atoms with E-state index in [1.165, 1.54) is 5.01 Å². The molecule has 0 aliphatic carbocycles. The number of hydrogen-bond donors (Lipinski definition) is 1. The van der Waals surface area contributed by atoms with Crippen LogP contribution in [0.4, 0.5) is 0 Å². The molecule has 68 valence electrons. The maximum atomic E-state index is 11.2. The van der Waals surface area contributed by atoms with Crippen molar-refractivity contribution in [1.82, 2.24) is 5.01 Å². The van der Waals surface area contributed by atoms with Crippen molar-refractivity contribution in [2.45, 2.75) is 18.9 Å². The Morgan fingerprint density at radius 2 is 2.00 bits per heavy atom. The fourth-order valence-corrected chi connectivity index (χ4v) is 1.70. The molecule has 0 saturated carbocycles. The SMILES string of the molecule is NN1C(=O)CC[C@H]1c1ccccc1. The quantitative estimate of drug-likeness (QED) is 0.516. The highest BCUT2D eigenvalue weighted by Crippen LogP contribution is 2.29. The van der Waals surface area contributed by atoms with E-state index in [1.54, 1.807) is 0 Å². The van der Waals surface area contributed by atoms with Gasteiger partial charge in [0.15, 0.2) is 0 Å². The second-order valence-electron chi connectivity index (χ2n) is 3.27. The lowest BCUT2D eigenvalue weighted by Crippen LogP contribution is -2.34. The summed E-state index contributed by atoms with van der Waals surface area (Å²) in [7, 11) is 0. The summed E-state index contributed by atoms with van der Waals surface area (Å²) in [6, 6.07) is 9.97. The molecule has 1 heterocycles. The van der Waals surface area contributed by atoms with Crippen molar-refractivity contribution in [2.75, 3.05) is 0 Å². The van der Waals surface area contributed by atoms with Gasteiger partial charge in [-0.3, -0.25) is 9.80 Å². The largest absolute Gasteiger partial charge is 0.273 e. The van der Waals surface area contributed by atoms with Crippen LogP contribution in [0.25, 0.3) is 0 Å². The molecule has 0 spiro atoms. The molecule has 0 radical (unpaired) electrons. The summed E-state index contributed by atoms with van der Waals surface area (Å²) in [4.78, 5) is 11.2. The Balaban J connectivity index is 2.24. The summed E-state index contributed by atoms with van der Waals surface area (Å²) in [5.41, 5.74) is 1.12. The predicted molar refractivity (Wildman–Crippen MR) is 49.5 cm³/mol. The Morgan fingerprint density at radius 1 is 1.31 bits per heavy atom. The molecule has 1 saturated heterocycles. The van der Waals surface area contributed by atoms with Crippen LogP contribution in [-0.2, 0) is 4.79 Å². The number of carbonyl (C=O) groups excluding carboxylic acids is 1. The van der Waals surface area contributed by atoms with E-state index in [0.29, 0.717) is 6.42 Å². The summed E-state index contributed by atoms with van der Waals surface area (Å²) in [5, 5.41) is 1.34. The van der Waals surface area contributed by atoms with Gasteiger partial charge in [0.05, 0.1) is 6.04 Å². The van der Waals surface area contributed by atoms with Gasteiger partial charge in [-0.2, -0.15) is 0 Å². The van der Waals surface area contributed by atoms with Crippen molar-refractivity contribution in [2.24, 2.45) is 5.84 Å². The van der Waals surface area contributed by atoms with Crippen LogP contribution in [0, 0.1) is 0 Å². The zero-order chi connectivity index (χ0) is 9.26. The first-order valence-corrected chi connectivity index (χ1v) is 4.41. The van der Waals surface area contributed by atoms with E-state index < -0.39 is 0 Å². The van der Waals surface area contributed by atoms with Gasteiger partial charge in [-0.15, -0.1) is 0 Å². The van der Waals surface area contributed by atoms with Gasteiger partial charge in [0, 0.05) is 6.42 Å². The molecule has 1 aromatic rings.